The molecule has 0 aliphatic carbocycles. The van der Waals surface area contributed by atoms with Gasteiger partial charge in [0.2, 0.25) is 0 Å². The van der Waals surface area contributed by atoms with Gasteiger partial charge in [0.15, 0.2) is 5.57 Å². The van der Waals surface area contributed by atoms with Crippen LogP contribution in [0.4, 0.5) is 11.4 Å². The van der Waals surface area contributed by atoms with E-state index in [0.717, 1.165) is 11.4 Å². The second kappa shape index (κ2) is 3.35. The molecule has 0 spiro atoms. The Kier molecular flexibility index (Phi) is 2.03. The van der Waals surface area contributed by atoms with Gasteiger partial charge in [0.05, 0.1) is 11.4 Å². The number of nitrogens with one attached hydrogen (secondary N) is 2. The Hall–Kier alpha value is -2.48. The quantitative estimate of drug-likeness (QED) is 0.460. The summed E-state index contributed by atoms with van der Waals surface area (Å²) in [6.07, 6.45) is 0. The molecule has 1 aromatic rings. The van der Waals surface area contributed by atoms with Gasteiger partial charge in [-0.25, -0.2) is 0 Å². The van der Waals surface area contributed by atoms with Crippen molar-refractivity contribution in [3.05, 3.63) is 35.7 Å². The lowest BCUT2D eigenvalue weighted by atomic mass is 10.3. The first-order valence-corrected chi connectivity index (χ1v) is 4.29. The highest BCUT2D eigenvalue weighted by Gasteiger charge is 2.19. The van der Waals surface area contributed by atoms with E-state index in [-0.39, 0.29) is 5.57 Å². The summed E-state index contributed by atoms with van der Waals surface area (Å²) < 4.78 is 0. The lowest BCUT2D eigenvalue weighted by Crippen LogP contribution is -2.18. The van der Waals surface area contributed by atoms with E-state index in [9.17, 15) is 4.79 Å². The van der Waals surface area contributed by atoms with Gasteiger partial charge >= 0.3 is 0 Å². The number of carbonyl (C=O) groups excluding carboxylic acids is 1. The predicted octanol–water partition coefficient (Wildman–Crippen LogP) is 0.744. The summed E-state index contributed by atoms with van der Waals surface area (Å²) in [4.78, 5) is 10.9. The Morgan fingerprint density at radius 3 is 2.20 bits per heavy atom. The van der Waals surface area contributed by atoms with Gasteiger partial charge in [0.1, 0.15) is 11.9 Å². The van der Waals surface area contributed by atoms with Crippen LogP contribution in [0.25, 0.3) is 0 Å². The molecule has 1 aliphatic heterocycles. The van der Waals surface area contributed by atoms with Crippen molar-refractivity contribution in [3.8, 4) is 6.07 Å². The monoisotopic (exact) mass is 200 g/mol. The Morgan fingerprint density at radius 2 is 1.80 bits per heavy atom. The minimum atomic E-state index is -0.750. The zero-order chi connectivity index (χ0) is 10.8. The maximum Gasteiger partial charge on any atom is 0.263 e. The van der Waals surface area contributed by atoms with Crippen molar-refractivity contribution in [1.29, 1.82) is 5.26 Å². The van der Waals surface area contributed by atoms with Crippen molar-refractivity contribution >= 4 is 17.3 Å². The third-order valence-corrected chi connectivity index (χ3v) is 2.05. The van der Waals surface area contributed by atoms with Gasteiger partial charge in [-0.05, 0) is 12.1 Å². The van der Waals surface area contributed by atoms with Crippen molar-refractivity contribution in [2.24, 2.45) is 5.73 Å². The number of nitriles is 1. The van der Waals surface area contributed by atoms with Crippen LogP contribution in [-0.2, 0) is 4.79 Å². The van der Waals surface area contributed by atoms with Crippen molar-refractivity contribution in [3.63, 3.8) is 0 Å². The second-order valence-corrected chi connectivity index (χ2v) is 3.02. The zero-order valence-corrected chi connectivity index (χ0v) is 7.74. The first kappa shape index (κ1) is 9.09. The number of nitrogens with two attached hydrogens (primary N) is 1. The molecule has 0 saturated heterocycles. The molecule has 74 valence electrons. The van der Waals surface area contributed by atoms with Crippen molar-refractivity contribution in [2.75, 3.05) is 10.6 Å². The van der Waals surface area contributed by atoms with Crippen LogP contribution in [0, 0.1) is 11.3 Å². The summed E-state index contributed by atoms with van der Waals surface area (Å²) in [5, 5.41) is 14.6. The van der Waals surface area contributed by atoms with Crippen LogP contribution in [0.1, 0.15) is 0 Å². The number of benzene rings is 1. The van der Waals surface area contributed by atoms with Gasteiger partial charge in [-0.15, -0.1) is 0 Å². The van der Waals surface area contributed by atoms with Crippen LogP contribution < -0.4 is 16.4 Å². The average molecular weight is 200 g/mol. The Balaban J connectivity index is 2.42. The standard InChI is InChI=1S/C10H8N4O/c11-5-6(9(12)15)10-13-7-3-1-2-4-8(7)14-10/h1-4,13-14H,(H2,12,15). The van der Waals surface area contributed by atoms with E-state index in [2.05, 4.69) is 10.6 Å². The third-order valence-electron chi connectivity index (χ3n) is 2.05. The number of fused-ring (bicyclic) bond motifs is 1. The Labute approximate surface area is 86.2 Å². The van der Waals surface area contributed by atoms with E-state index < -0.39 is 5.91 Å². The zero-order valence-electron chi connectivity index (χ0n) is 7.74. The van der Waals surface area contributed by atoms with E-state index >= 15 is 0 Å². The molecule has 2 rings (SSSR count). The second-order valence-electron chi connectivity index (χ2n) is 3.02. The fraction of sp³-hybridized carbons (Fsp3) is 0. The number of rotatable bonds is 1. The molecule has 0 bridgehead atoms. The number of carbonyl (C=O) groups is 1. The highest BCUT2D eigenvalue weighted by Crippen LogP contribution is 2.30. The molecule has 4 N–H and O–H groups in total. The molecule has 1 aromatic carbocycles. The van der Waals surface area contributed by atoms with Crippen LogP contribution in [0.5, 0.6) is 0 Å². The molecule has 0 unspecified atom stereocenters. The molecule has 5 heteroatoms. The van der Waals surface area contributed by atoms with Crippen molar-refractivity contribution in [1.82, 2.24) is 0 Å². The summed E-state index contributed by atoms with van der Waals surface area (Å²) >= 11 is 0. The summed E-state index contributed by atoms with van der Waals surface area (Å²) in [5.74, 6) is -0.411. The third kappa shape index (κ3) is 1.48. The summed E-state index contributed by atoms with van der Waals surface area (Å²) in [5.41, 5.74) is 6.60. The molecule has 0 saturated carbocycles. The number of hydrogen-bond donors (Lipinski definition) is 3. The lowest BCUT2D eigenvalue weighted by Gasteiger charge is -2.00. The minimum Gasteiger partial charge on any atom is -0.365 e. The Morgan fingerprint density at radius 1 is 1.27 bits per heavy atom. The SMILES string of the molecule is N#CC(C(N)=O)=C1Nc2ccccc2N1. The minimum absolute atomic E-state index is 0.105. The maximum absolute atomic E-state index is 10.9. The molecule has 0 radical (unpaired) electrons. The normalized spacial score (nSPS) is 12.1. The van der Waals surface area contributed by atoms with Gasteiger partial charge in [0, 0.05) is 0 Å². The van der Waals surface area contributed by atoms with Crippen LogP contribution in [0.2, 0.25) is 0 Å². The van der Waals surface area contributed by atoms with Gasteiger partial charge in [-0.2, -0.15) is 5.26 Å². The molecule has 0 fully saturated rings. The predicted molar refractivity (Wildman–Crippen MR) is 55.5 cm³/mol. The van der Waals surface area contributed by atoms with Gasteiger partial charge in [-0.3, -0.25) is 4.79 Å². The Bertz CT molecular complexity index is 471. The number of nitrogens with zero attached hydrogens (tertiary/aromatic N) is 1. The summed E-state index contributed by atoms with van der Waals surface area (Å²) in [6.45, 7) is 0. The molecule has 5 nitrogen and oxygen atoms in total. The summed E-state index contributed by atoms with van der Waals surface area (Å²) in [6, 6.07) is 9.14. The van der Waals surface area contributed by atoms with Gasteiger partial charge in [0.25, 0.3) is 5.91 Å². The number of amides is 1. The molecule has 1 heterocycles. The number of hydrogen-bond acceptors (Lipinski definition) is 4. The van der Waals surface area contributed by atoms with Crippen LogP contribution >= 0.6 is 0 Å². The fourth-order valence-corrected chi connectivity index (χ4v) is 1.36. The van der Waals surface area contributed by atoms with Crippen LogP contribution in [0.15, 0.2) is 35.7 Å². The lowest BCUT2D eigenvalue weighted by molar-refractivity contribution is -0.114. The van der Waals surface area contributed by atoms with E-state index in [4.69, 9.17) is 11.0 Å². The average Bonchev–Trinajstić information content (AvgIpc) is 2.61. The smallest absolute Gasteiger partial charge is 0.263 e. The fourth-order valence-electron chi connectivity index (χ4n) is 1.36. The molecule has 1 aliphatic rings. The van der Waals surface area contributed by atoms with E-state index in [0.29, 0.717) is 5.82 Å². The van der Waals surface area contributed by atoms with Crippen LogP contribution in [0.3, 0.4) is 0 Å². The topological polar surface area (TPSA) is 90.9 Å². The van der Waals surface area contributed by atoms with Crippen LogP contribution in [-0.4, -0.2) is 5.91 Å². The van der Waals surface area contributed by atoms with Gasteiger partial charge in [-0.1, -0.05) is 12.1 Å². The van der Waals surface area contributed by atoms with Crippen molar-refractivity contribution in [2.45, 2.75) is 0 Å². The molecule has 15 heavy (non-hydrogen) atoms. The largest absolute Gasteiger partial charge is 0.365 e. The summed E-state index contributed by atoms with van der Waals surface area (Å²) in [7, 11) is 0. The van der Waals surface area contributed by atoms with Crippen molar-refractivity contribution < 1.29 is 4.79 Å². The molecule has 0 atom stereocenters. The van der Waals surface area contributed by atoms with E-state index in [1.807, 2.05) is 24.3 Å². The first-order valence-electron chi connectivity index (χ1n) is 4.29. The molecule has 0 aromatic heterocycles. The molecular formula is C10H8N4O. The van der Waals surface area contributed by atoms with E-state index in [1.54, 1.807) is 6.07 Å². The maximum atomic E-state index is 10.9. The number of para-hydroxylation sites is 2. The molecule has 1 amide bonds. The molecular weight excluding hydrogens is 192 g/mol. The first-order chi connectivity index (χ1) is 7.22. The highest BCUT2D eigenvalue weighted by atomic mass is 16.1. The highest BCUT2D eigenvalue weighted by molar-refractivity contribution is 5.99. The van der Waals surface area contributed by atoms with Gasteiger partial charge < -0.3 is 16.4 Å². The number of anilines is 2. The van der Waals surface area contributed by atoms with E-state index in [1.165, 1.54) is 0 Å². The number of primary amides is 1.